The zero-order chi connectivity index (χ0) is 22.1. The van der Waals surface area contributed by atoms with E-state index < -0.39 is 0 Å². The minimum absolute atomic E-state index is 0.191. The van der Waals surface area contributed by atoms with Crippen LogP contribution >= 0.6 is 0 Å². The summed E-state index contributed by atoms with van der Waals surface area (Å²) in [7, 11) is 0. The molecule has 32 heavy (non-hydrogen) atoms. The zero-order valence-electron chi connectivity index (χ0n) is 18.8. The van der Waals surface area contributed by atoms with Gasteiger partial charge in [0.25, 0.3) is 0 Å². The van der Waals surface area contributed by atoms with E-state index in [1.807, 2.05) is 6.21 Å². The van der Waals surface area contributed by atoms with Crippen molar-refractivity contribution < 1.29 is 0 Å². The van der Waals surface area contributed by atoms with Crippen molar-refractivity contribution in [3.8, 4) is 0 Å². The molecule has 0 N–H and O–H groups in total. The average molecular weight is 414 g/mol. The Labute approximate surface area is 190 Å². The van der Waals surface area contributed by atoms with E-state index in [9.17, 15) is 0 Å². The molecule has 4 aromatic rings. The van der Waals surface area contributed by atoms with E-state index in [1.165, 1.54) is 44.5 Å². The minimum Gasteiger partial charge on any atom is -0.256 e. The summed E-state index contributed by atoms with van der Waals surface area (Å²) in [6.45, 7) is 6.42. The SMILES string of the molecule is Cc1cc(C)c(N=Cc2ccccc2C2C(c3ccccc3)=Cc3ccccc32)c(C)c1. The summed E-state index contributed by atoms with van der Waals surface area (Å²) in [6.07, 6.45) is 4.39. The van der Waals surface area contributed by atoms with Crippen LogP contribution in [0.15, 0.2) is 96.0 Å². The molecule has 1 heteroatoms. The van der Waals surface area contributed by atoms with Gasteiger partial charge in [-0.25, -0.2) is 0 Å². The predicted octanol–water partition coefficient (Wildman–Crippen LogP) is 8.05. The Kier molecular flexibility index (Phi) is 5.33. The summed E-state index contributed by atoms with van der Waals surface area (Å²) in [6, 6.07) is 32.5. The van der Waals surface area contributed by atoms with Gasteiger partial charge in [0.2, 0.25) is 0 Å². The highest BCUT2D eigenvalue weighted by Gasteiger charge is 2.28. The highest BCUT2D eigenvalue weighted by molar-refractivity contribution is 5.96. The van der Waals surface area contributed by atoms with Crippen LogP contribution in [0.5, 0.6) is 0 Å². The molecule has 0 bridgehead atoms. The van der Waals surface area contributed by atoms with E-state index in [0.717, 1.165) is 11.3 Å². The lowest BCUT2D eigenvalue weighted by Crippen LogP contribution is -2.05. The third-order valence-electron chi connectivity index (χ3n) is 6.31. The number of fused-ring (bicyclic) bond motifs is 1. The number of allylic oxidation sites excluding steroid dienone is 1. The Hall–Kier alpha value is -3.71. The van der Waals surface area contributed by atoms with Crippen molar-refractivity contribution in [1.82, 2.24) is 0 Å². The topological polar surface area (TPSA) is 12.4 Å². The Morgan fingerprint density at radius 2 is 1.31 bits per heavy atom. The van der Waals surface area contributed by atoms with Crippen molar-refractivity contribution in [2.75, 3.05) is 0 Å². The molecule has 5 rings (SSSR count). The van der Waals surface area contributed by atoms with Crippen LogP contribution in [0.25, 0.3) is 11.6 Å². The van der Waals surface area contributed by atoms with Gasteiger partial charge >= 0.3 is 0 Å². The Balaban J connectivity index is 1.62. The zero-order valence-corrected chi connectivity index (χ0v) is 18.8. The Bertz CT molecular complexity index is 1320. The van der Waals surface area contributed by atoms with Crippen molar-refractivity contribution in [1.29, 1.82) is 0 Å². The summed E-state index contributed by atoms with van der Waals surface area (Å²) < 4.78 is 0. The van der Waals surface area contributed by atoms with E-state index in [4.69, 9.17) is 4.99 Å². The molecular weight excluding hydrogens is 386 g/mol. The van der Waals surface area contributed by atoms with Crippen molar-refractivity contribution in [3.63, 3.8) is 0 Å². The molecule has 0 saturated carbocycles. The van der Waals surface area contributed by atoms with Crippen LogP contribution in [0.3, 0.4) is 0 Å². The lowest BCUT2D eigenvalue weighted by Gasteiger charge is -2.20. The molecule has 0 fully saturated rings. The monoisotopic (exact) mass is 413 g/mol. The Morgan fingerprint density at radius 3 is 2.06 bits per heavy atom. The van der Waals surface area contributed by atoms with Gasteiger partial charge in [0.15, 0.2) is 0 Å². The first kappa shape index (κ1) is 20.2. The molecule has 0 saturated heterocycles. The van der Waals surface area contributed by atoms with E-state index >= 15 is 0 Å². The molecule has 1 atom stereocenters. The maximum Gasteiger partial charge on any atom is 0.0688 e. The van der Waals surface area contributed by atoms with Crippen LogP contribution in [0.4, 0.5) is 5.69 Å². The molecule has 0 aliphatic heterocycles. The van der Waals surface area contributed by atoms with Crippen LogP contribution in [-0.2, 0) is 0 Å². The first-order valence-corrected chi connectivity index (χ1v) is 11.2. The number of rotatable bonds is 4. The second-order valence-electron chi connectivity index (χ2n) is 8.66. The van der Waals surface area contributed by atoms with Crippen molar-refractivity contribution in [3.05, 3.63) is 136 Å². The van der Waals surface area contributed by atoms with Gasteiger partial charge in [-0.15, -0.1) is 0 Å². The molecule has 0 radical (unpaired) electrons. The van der Waals surface area contributed by atoms with Gasteiger partial charge < -0.3 is 0 Å². The van der Waals surface area contributed by atoms with E-state index in [-0.39, 0.29) is 5.92 Å². The standard InChI is InChI=1S/C31H27N/c1-21-17-22(2)31(23(3)18-21)32-20-26-14-8-10-16-28(26)30-27-15-9-7-13-25(27)19-29(30)24-11-5-4-6-12-24/h4-20,30H,1-3H3. The normalized spacial score (nSPS) is 15.1. The van der Waals surface area contributed by atoms with Crippen LogP contribution in [0.2, 0.25) is 0 Å². The maximum atomic E-state index is 4.96. The third-order valence-corrected chi connectivity index (χ3v) is 6.31. The number of benzene rings is 4. The van der Waals surface area contributed by atoms with Gasteiger partial charge in [0.1, 0.15) is 0 Å². The fraction of sp³-hybridized carbons (Fsp3) is 0.129. The molecule has 1 nitrogen and oxygen atoms in total. The van der Waals surface area contributed by atoms with Gasteiger partial charge in [0, 0.05) is 12.1 Å². The molecular formula is C31H27N. The van der Waals surface area contributed by atoms with Crippen molar-refractivity contribution in [2.24, 2.45) is 4.99 Å². The number of aryl methyl sites for hydroxylation is 3. The smallest absolute Gasteiger partial charge is 0.0688 e. The molecule has 0 amide bonds. The van der Waals surface area contributed by atoms with E-state index in [2.05, 4.69) is 118 Å². The maximum absolute atomic E-state index is 4.96. The number of hydrogen-bond acceptors (Lipinski definition) is 1. The molecule has 4 aromatic carbocycles. The Morgan fingerprint density at radius 1 is 0.688 bits per heavy atom. The first-order chi connectivity index (χ1) is 15.6. The van der Waals surface area contributed by atoms with Gasteiger partial charge in [0.05, 0.1) is 5.69 Å². The molecule has 1 aliphatic carbocycles. The second-order valence-corrected chi connectivity index (χ2v) is 8.66. The summed E-state index contributed by atoms with van der Waals surface area (Å²) in [5, 5.41) is 0. The van der Waals surface area contributed by atoms with Gasteiger partial charge in [-0.3, -0.25) is 4.99 Å². The van der Waals surface area contributed by atoms with Gasteiger partial charge in [-0.2, -0.15) is 0 Å². The molecule has 1 unspecified atom stereocenters. The molecule has 0 aromatic heterocycles. The predicted molar refractivity (Wildman–Crippen MR) is 137 cm³/mol. The summed E-state index contributed by atoms with van der Waals surface area (Å²) in [5.74, 6) is 0.191. The fourth-order valence-corrected chi connectivity index (χ4v) is 4.94. The van der Waals surface area contributed by atoms with Crippen LogP contribution in [-0.4, -0.2) is 6.21 Å². The van der Waals surface area contributed by atoms with Crippen molar-refractivity contribution >= 4 is 23.6 Å². The van der Waals surface area contributed by atoms with Gasteiger partial charge in [-0.05, 0) is 71.4 Å². The number of aliphatic imine (C=N–C) groups is 1. The lowest BCUT2D eigenvalue weighted by atomic mass is 9.83. The summed E-state index contributed by atoms with van der Waals surface area (Å²) in [4.78, 5) is 4.96. The summed E-state index contributed by atoms with van der Waals surface area (Å²) >= 11 is 0. The minimum atomic E-state index is 0.191. The average Bonchev–Trinajstić information content (AvgIpc) is 3.19. The third kappa shape index (κ3) is 3.71. The molecule has 0 heterocycles. The van der Waals surface area contributed by atoms with Crippen LogP contribution < -0.4 is 0 Å². The molecule has 1 aliphatic rings. The second kappa shape index (κ2) is 8.43. The highest BCUT2D eigenvalue weighted by atomic mass is 14.7. The largest absolute Gasteiger partial charge is 0.256 e. The van der Waals surface area contributed by atoms with E-state index in [0.29, 0.717) is 0 Å². The van der Waals surface area contributed by atoms with Gasteiger partial charge in [-0.1, -0.05) is 96.6 Å². The van der Waals surface area contributed by atoms with Crippen LogP contribution in [0, 0.1) is 20.8 Å². The van der Waals surface area contributed by atoms with E-state index in [1.54, 1.807) is 0 Å². The fourth-order valence-electron chi connectivity index (χ4n) is 4.94. The number of hydrogen-bond donors (Lipinski definition) is 0. The molecule has 156 valence electrons. The van der Waals surface area contributed by atoms with Crippen molar-refractivity contribution in [2.45, 2.75) is 26.7 Å². The lowest BCUT2D eigenvalue weighted by molar-refractivity contribution is 1.06. The number of nitrogens with zero attached hydrogens (tertiary/aromatic N) is 1. The molecule has 0 spiro atoms. The summed E-state index contributed by atoms with van der Waals surface area (Å²) in [5.41, 5.74) is 12.5. The quantitative estimate of drug-likeness (QED) is 0.300. The first-order valence-electron chi connectivity index (χ1n) is 11.2. The highest BCUT2D eigenvalue weighted by Crippen LogP contribution is 2.46. The van der Waals surface area contributed by atoms with Crippen LogP contribution in [0.1, 0.15) is 50.4 Å².